The van der Waals surface area contributed by atoms with Crippen molar-refractivity contribution >= 4 is 17.5 Å². The molecule has 0 radical (unpaired) electrons. The summed E-state index contributed by atoms with van der Waals surface area (Å²) >= 11 is 6.10. The second-order valence-corrected chi connectivity index (χ2v) is 6.21. The van der Waals surface area contributed by atoms with E-state index >= 15 is 0 Å². The van der Waals surface area contributed by atoms with Crippen molar-refractivity contribution in [2.24, 2.45) is 0 Å². The highest BCUT2D eigenvalue weighted by Crippen LogP contribution is 2.31. The second-order valence-electron chi connectivity index (χ2n) is 5.80. The van der Waals surface area contributed by atoms with Crippen molar-refractivity contribution in [3.63, 3.8) is 0 Å². The highest BCUT2D eigenvalue weighted by atomic mass is 35.5. The monoisotopic (exact) mass is 295 g/mol. The van der Waals surface area contributed by atoms with Crippen molar-refractivity contribution in [2.75, 3.05) is 7.05 Å². The first-order chi connectivity index (χ1) is 9.50. The fraction of sp³-hybridized carbons (Fsp3) is 0.562. The quantitative estimate of drug-likeness (QED) is 0.925. The minimum atomic E-state index is -0.802. The van der Waals surface area contributed by atoms with Crippen LogP contribution in [0.15, 0.2) is 24.3 Å². The van der Waals surface area contributed by atoms with E-state index in [-0.39, 0.29) is 12.3 Å². The molecule has 1 amide bonds. The van der Waals surface area contributed by atoms with Gasteiger partial charge in [0.2, 0.25) is 5.91 Å². The molecule has 4 heteroatoms. The van der Waals surface area contributed by atoms with Crippen LogP contribution in [-0.4, -0.2) is 28.6 Å². The average Bonchev–Trinajstić information content (AvgIpc) is 2.41. The molecule has 1 fully saturated rings. The van der Waals surface area contributed by atoms with Gasteiger partial charge in [-0.2, -0.15) is 0 Å². The molecule has 1 aromatic carbocycles. The Hall–Kier alpha value is -1.06. The number of benzene rings is 1. The smallest absolute Gasteiger partial charge is 0.225 e. The van der Waals surface area contributed by atoms with E-state index in [1.54, 1.807) is 11.9 Å². The van der Waals surface area contributed by atoms with E-state index < -0.39 is 5.60 Å². The fourth-order valence-electron chi connectivity index (χ4n) is 2.77. The van der Waals surface area contributed by atoms with E-state index in [0.29, 0.717) is 11.6 Å². The molecule has 0 atom stereocenters. The van der Waals surface area contributed by atoms with Crippen LogP contribution in [-0.2, 0) is 11.3 Å². The molecule has 0 aromatic heterocycles. The topological polar surface area (TPSA) is 40.5 Å². The van der Waals surface area contributed by atoms with Gasteiger partial charge in [-0.05, 0) is 24.5 Å². The third kappa shape index (κ3) is 3.97. The number of aliphatic hydroxyl groups is 1. The molecule has 3 nitrogen and oxygen atoms in total. The van der Waals surface area contributed by atoms with Crippen LogP contribution in [0.3, 0.4) is 0 Å². The molecule has 1 aliphatic rings. The van der Waals surface area contributed by atoms with Crippen molar-refractivity contribution < 1.29 is 9.90 Å². The van der Waals surface area contributed by atoms with Crippen molar-refractivity contribution in [2.45, 2.75) is 50.7 Å². The Bertz CT molecular complexity index is 469. The van der Waals surface area contributed by atoms with E-state index in [0.717, 1.165) is 37.7 Å². The average molecular weight is 296 g/mol. The third-order valence-electron chi connectivity index (χ3n) is 4.06. The maximum atomic E-state index is 12.3. The van der Waals surface area contributed by atoms with Gasteiger partial charge in [0.25, 0.3) is 0 Å². The van der Waals surface area contributed by atoms with Gasteiger partial charge >= 0.3 is 0 Å². The van der Waals surface area contributed by atoms with Gasteiger partial charge in [0, 0.05) is 18.6 Å². The van der Waals surface area contributed by atoms with Gasteiger partial charge in [0.15, 0.2) is 0 Å². The summed E-state index contributed by atoms with van der Waals surface area (Å²) in [5.41, 5.74) is 0.130. The molecule has 0 saturated heterocycles. The molecule has 0 heterocycles. The van der Waals surface area contributed by atoms with Crippen LogP contribution in [0.2, 0.25) is 5.02 Å². The van der Waals surface area contributed by atoms with Crippen LogP contribution in [0.25, 0.3) is 0 Å². The predicted molar refractivity (Wildman–Crippen MR) is 80.6 cm³/mol. The third-order valence-corrected chi connectivity index (χ3v) is 4.42. The normalized spacial score (nSPS) is 17.8. The summed E-state index contributed by atoms with van der Waals surface area (Å²) < 4.78 is 0. The Labute approximate surface area is 125 Å². The van der Waals surface area contributed by atoms with E-state index in [4.69, 9.17) is 11.6 Å². The number of carbonyl (C=O) groups excluding carboxylic acids is 1. The summed E-state index contributed by atoms with van der Waals surface area (Å²) in [7, 11) is 1.76. The van der Waals surface area contributed by atoms with Crippen molar-refractivity contribution in [1.82, 2.24) is 4.90 Å². The summed E-state index contributed by atoms with van der Waals surface area (Å²) in [6, 6.07) is 7.53. The van der Waals surface area contributed by atoms with Gasteiger partial charge in [-0.3, -0.25) is 4.79 Å². The van der Waals surface area contributed by atoms with Crippen LogP contribution in [0, 0.1) is 0 Å². The van der Waals surface area contributed by atoms with Gasteiger partial charge in [-0.1, -0.05) is 49.1 Å². The molecule has 110 valence electrons. The zero-order chi connectivity index (χ0) is 14.6. The molecular weight excluding hydrogens is 274 g/mol. The maximum absolute atomic E-state index is 12.3. The molecule has 1 saturated carbocycles. The molecule has 1 N–H and O–H groups in total. The van der Waals surface area contributed by atoms with Gasteiger partial charge < -0.3 is 10.0 Å². The SMILES string of the molecule is CN(Cc1ccccc1Cl)C(=O)CC1(O)CCCCC1. The van der Waals surface area contributed by atoms with Crippen LogP contribution in [0.1, 0.15) is 44.1 Å². The lowest BCUT2D eigenvalue weighted by Gasteiger charge is -2.33. The fourth-order valence-corrected chi connectivity index (χ4v) is 2.97. The minimum Gasteiger partial charge on any atom is -0.389 e. The molecule has 20 heavy (non-hydrogen) atoms. The van der Waals surface area contributed by atoms with Crippen molar-refractivity contribution in [3.8, 4) is 0 Å². The molecule has 1 aromatic rings. The number of carbonyl (C=O) groups is 1. The molecule has 2 rings (SSSR count). The molecule has 0 aliphatic heterocycles. The summed E-state index contributed by atoms with van der Waals surface area (Å²) in [4.78, 5) is 13.9. The lowest BCUT2D eigenvalue weighted by Crippen LogP contribution is -2.39. The van der Waals surface area contributed by atoms with E-state index in [9.17, 15) is 9.90 Å². The Morgan fingerprint density at radius 2 is 1.95 bits per heavy atom. The summed E-state index contributed by atoms with van der Waals surface area (Å²) in [5.74, 6) is -0.0191. The first-order valence-corrected chi connectivity index (χ1v) is 7.58. The minimum absolute atomic E-state index is 0.0191. The largest absolute Gasteiger partial charge is 0.389 e. The van der Waals surface area contributed by atoms with Crippen molar-refractivity contribution in [3.05, 3.63) is 34.9 Å². The number of halogens is 1. The first-order valence-electron chi connectivity index (χ1n) is 7.20. The number of hydrogen-bond acceptors (Lipinski definition) is 2. The molecular formula is C16H22ClNO2. The number of hydrogen-bond donors (Lipinski definition) is 1. The first kappa shape index (κ1) is 15.3. The zero-order valence-corrected chi connectivity index (χ0v) is 12.7. The Morgan fingerprint density at radius 1 is 1.30 bits per heavy atom. The summed E-state index contributed by atoms with van der Waals surface area (Å²) in [6.07, 6.45) is 4.87. The lowest BCUT2D eigenvalue weighted by atomic mass is 9.82. The van der Waals surface area contributed by atoms with Crippen LogP contribution >= 0.6 is 11.6 Å². The van der Waals surface area contributed by atoms with Crippen LogP contribution in [0.5, 0.6) is 0 Å². The van der Waals surface area contributed by atoms with Gasteiger partial charge in [-0.15, -0.1) is 0 Å². The Morgan fingerprint density at radius 3 is 2.60 bits per heavy atom. The molecule has 0 spiro atoms. The summed E-state index contributed by atoms with van der Waals surface area (Å²) in [5, 5.41) is 11.1. The molecule has 1 aliphatic carbocycles. The summed E-state index contributed by atoms with van der Waals surface area (Å²) in [6.45, 7) is 0.481. The maximum Gasteiger partial charge on any atom is 0.225 e. The Balaban J connectivity index is 1.93. The van der Waals surface area contributed by atoms with Crippen LogP contribution in [0.4, 0.5) is 0 Å². The van der Waals surface area contributed by atoms with Gasteiger partial charge in [-0.25, -0.2) is 0 Å². The zero-order valence-electron chi connectivity index (χ0n) is 11.9. The number of amides is 1. The van der Waals surface area contributed by atoms with Gasteiger partial charge in [0.05, 0.1) is 12.0 Å². The highest BCUT2D eigenvalue weighted by Gasteiger charge is 2.32. The standard InChI is InChI=1S/C16H22ClNO2/c1-18(12-13-7-3-4-8-14(13)17)15(19)11-16(20)9-5-2-6-10-16/h3-4,7-8,20H,2,5-6,9-12H2,1H3. The second kappa shape index (κ2) is 6.59. The number of nitrogens with zero attached hydrogens (tertiary/aromatic N) is 1. The van der Waals surface area contributed by atoms with Crippen molar-refractivity contribution in [1.29, 1.82) is 0 Å². The van der Waals surface area contributed by atoms with E-state index in [1.807, 2.05) is 24.3 Å². The Kier molecular flexibility index (Phi) is 5.06. The molecule has 0 unspecified atom stereocenters. The van der Waals surface area contributed by atoms with Gasteiger partial charge in [0.1, 0.15) is 0 Å². The highest BCUT2D eigenvalue weighted by molar-refractivity contribution is 6.31. The number of rotatable bonds is 4. The molecule has 0 bridgehead atoms. The van der Waals surface area contributed by atoms with E-state index in [1.165, 1.54) is 0 Å². The van der Waals surface area contributed by atoms with E-state index in [2.05, 4.69) is 0 Å². The lowest BCUT2D eigenvalue weighted by molar-refractivity contribution is -0.137. The predicted octanol–water partition coefficient (Wildman–Crippen LogP) is 3.38. The van der Waals surface area contributed by atoms with Crippen LogP contribution < -0.4 is 0 Å².